The van der Waals surface area contributed by atoms with Crippen molar-refractivity contribution in [2.75, 3.05) is 6.54 Å². The molecular formula is C13H22N2S. The molecule has 1 atom stereocenters. The van der Waals surface area contributed by atoms with E-state index in [0.29, 0.717) is 5.54 Å². The first kappa shape index (κ1) is 12.1. The van der Waals surface area contributed by atoms with Gasteiger partial charge in [0.2, 0.25) is 0 Å². The van der Waals surface area contributed by atoms with Crippen molar-refractivity contribution >= 4 is 11.3 Å². The number of hydrogen-bond acceptors (Lipinski definition) is 3. The van der Waals surface area contributed by atoms with Gasteiger partial charge in [-0.15, -0.1) is 11.3 Å². The summed E-state index contributed by atoms with van der Waals surface area (Å²) in [6.07, 6.45) is 7.15. The molecule has 1 unspecified atom stereocenters. The largest absolute Gasteiger partial charge is 0.311 e. The Bertz CT molecular complexity index is 337. The van der Waals surface area contributed by atoms with E-state index in [0.717, 1.165) is 12.3 Å². The average Bonchev–Trinajstić information content (AvgIpc) is 2.76. The highest BCUT2D eigenvalue weighted by molar-refractivity contribution is 7.11. The molecule has 1 N–H and O–H groups in total. The van der Waals surface area contributed by atoms with E-state index in [1.165, 1.54) is 35.7 Å². The van der Waals surface area contributed by atoms with Gasteiger partial charge in [0.25, 0.3) is 0 Å². The van der Waals surface area contributed by atoms with Crippen LogP contribution in [0.25, 0.3) is 0 Å². The van der Waals surface area contributed by atoms with Gasteiger partial charge in [-0.05, 0) is 38.6 Å². The second-order valence-corrected chi connectivity index (χ2v) is 6.75. The van der Waals surface area contributed by atoms with E-state index in [9.17, 15) is 0 Å². The first-order chi connectivity index (χ1) is 7.60. The SMILES string of the molecule is Cc1ncc(CC2(CC(C)C)CCCN2)s1. The molecule has 0 aromatic carbocycles. The Kier molecular flexibility index (Phi) is 3.65. The number of nitrogens with zero attached hydrogens (tertiary/aromatic N) is 1. The van der Waals surface area contributed by atoms with Crippen LogP contribution in [-0.2, 0) is 6.42 Å². The molecule has 1 saturated heterocycles. The van der Waals surface area contributed by atoms with Crippen LogP contribution in [0.4, 0.5) is 0 Å². The molecule has 0 radical (unpaired) electrons. The monoisotopic (exact) mass is 238 g/mol. The molecule has 2 nitrogen and oxygen atoms in total. The molecule has 2 rings (SSSR count). The molecule has 0 spiro atoms. The van der Waals surface area contributed by atoms with Crippen LogP contribution < -0.4 is 5.32 Å². The predicted molar refractivity (Wildman–Crippen MR) is 70.0 cm³/mol. The Morgan fingerprint density at radius 3 is 2.88 bits per heavy atom. The minimum absolute atomic E-state index is 0.354. The Labute approximate surface area is 102 Å². The van der Waals surface area contributed by atoms with E-state index in [1.807, 2.05) is 11.3 Å². The van der Waals surface area contributed by atoms with Gasteiger partial charge < -0.3 is 5.32 Å². The molecule has 1 fully saturated rings. The van der Waals surface area contributed by atoms with Crippen molar-refractivity contribution < 1.29 is 0 Å². The van der Waals surface area contributed by atoms with Crippen LogP contribution in [0.5, 0.6) is 0 Å². The molecule has 16 heavy (non-hydrogen) atoms. The van der Waals surface area contributed by atoms with Crippen LogP contribution in [0, 0.1) is 12.8 Å². The van der Waals surface area contributed by atoms with Crippen molar-refractivity contribution in [1.29, 1.82) is 0 Å². The van der Waals surface area contributed by atoms with E-state index in [-0.39, 0.29) is 0 Å². The fourth-order valence-corrected chi connectivity index (χ4v) is 3.81. The summed E-state index contributed by atoms with van der Waals surface area (Å²) in [5, 5.41) is 4.93. The minimum atomic E-state index is 0.354. The molecule has 0 amide bonds. The van der Waals surface area contributed by atoms with Gasteiger partial charge >= 0.3 is 0 Å². The molecular weight excluding hydrogens is 216 g/mol. The van der Waals surface area contributed by atoms with Crippen LogP contribution in [0.3, 0.4) is 0 Å². The lowest BCUT2D eigenvalue weighted by atomic mass is 9.84. The van der Waals surface area contributed by atoms with E-state index in [4.69, 9.17) is 0 Å². The number of aromatic nitrogens is 1. The first-order valence-corrected chi connectivity index (χ1v) is 7.08. The number of nitrogens with one attached hydrogen (secondary N) is 1. The predicted octanol–water partition coefficient (Wildman–Crippen LogP) is 3.16. The summed E-state index contributed by atoms with van der Waals surface area (Å²) in [5.41, 5.74) is 0.354. The van der Waals surface area contributed by atoms with Gasteiger partial charge in [-0.1, -0.05) is 13.8 Å². The van der Waals surface area contributed by atoms with Gasteiger partial charge in [-0.3, -0.25) is 0 Å². The summed E-state index contributed by atoms with van der Waals surface area (Å²) >= 11 is 1.85. The van der Waals surface area contributed by atoms with Gasteiger partial charge in [0.05, 0.1) is 5.01 Å². The van der Waals surface area contributed by atoms with Crippen LogP contribution in [-0.4, -0.2) is 17.1 Å². The van der Waals surface area contributed by atoms with Crippen LogP contribution in [0.15, 0.2) is 6.20 Å². The van der Waals surface area contributed by atoms with Crippen molar-refractivity contribution in [3.63, 3.8) is 0 Å². The van der Waals surface area contributed by atoms with Crippen LogP contribution >= 0.6 is 11.3 Å². The van der Waals surface area contributed by atoms with Gasteiger partial charge in [0.15, 0.2) is 0 Å². The summed E-state index contributed by atoms with van der Waals surface area (Å²) in [6, 6.07) is 0. The molecule has 1 aliphatic heterocycles. The molecule has 0 aliphatic carbocycles. The quantitative estimate of drug-likeness (QED) is 0.871. The van der Waals surface area contributed by atoms with Crippen LogP contribution in [0.1, 0.15) is 43.0 Å². The van der Waals surface area contributed by atoms with Crippen molar-refractivity contribution in [3.8, 4) is 0 Å². The molecule has 0 bridgehead atoms. The van der Waals surface area contributed by atoms with Crippen molar-refractivity contribution in [2.45, 2.75) is 52.0 Å². The van der Waals surface area contributed by atoms with Crippen molar-refractivity contribution in [3.05, 3.63) is 16.1 Å². The van der Waals surface area contributed by atoms with Gasteiger partial charge in [-0.2, -0.15) is 0 Å². The number of hydrogen-bond donors (Lipinski definition) is 1. The second-order valence-electron chi connectivity index (χ2n) is 5.43. The smallest absolute Gasteiger partial charge is 0.0896 e. The zero-order chi connectivity index (χ0) is 11.6. The molecule has 1 aromatic heterocycles. The zero-order valence-electron chi connectivity index (χ0n) is 10.5. The Hall–Kier alpha value is -0.410. The highest BCUT2D eigenvalue weighted by atomic mass is 32.1. The van der Waals surface area contributed by atoms with Crippen LogP contribution in [0.2, 0.25) is 0 Å². The summed E-state index contributed by atoms with van der Waals surface area (Å²) in [6.45, 7) is 7.91. The highest BCUT2D eigenvalue weighted by Gasteiger charge is 2.34. The van der Waals surface area contributed by atoms with E-state index < -0.39 is 0 Å². The normalized spacial score (nSPS) is 25.5. The Morgan fingerprint density at radius 1 is 1.56 bits per heavy atom. The standard InChI is InChI=1S/C13H22N2S/c1-10(2)7-13(5-4-6-15-13)8-12-9-14-11(3)16-12/h9-10,15H,4-8H2,1-3H3. The van der Waals surface area contributed by atoms with Crippen molar-refractivity contribution in [2.24, 2.45) is 5.92 Å². The Balaban J connectivity index is 2.08. The Morgan fingerprint density at radius 2 is 2.38 bits per heavy atom. The molecule has 1 aromatic rings. The highest BCUT2D eigenvalue weighted by Crippen LogP contribution is 2.31. The van der Waals surface area contributed by atoms with Crippen molar-refractivity contribution in [1.82, 2.24) is 10.3 Å². The second kappa shape index (κ2) is 4.84. The van der Waals surface area contributed by atoms with Gasteiger partial charge in [0.1, 0.15) is 0 Å². The fraction of sp³-hybridized carbons (Fsp3) is 0.769. The molecule has 90 valence electrons. The average molecular weight is 238 g/mol. The van der Waals surface area contributed by atoms with Gasteiger partial charge in [0, 0.05) is 23.0 Å². The molecule has 0 saturated carbocycles. The summed E-state index contributed by atoms with van der Waals surface area (Å²) in [7, 11) is 0. The maximum atomic E-state index is 4.36. The maximum Gasteiger partial charge on any atom is 0.0896 e. The lowest BCUT2D eigenvalue weighted by Crippen LogP contribution is -2.42. The molecule has 3 heteroatoms. The lowest BCUT2D eigenvalue weighted by molar-refractivity contribution is 0.303. The lowest BCUT2D eigenvalue weighted by Gasteiger charge is -2.31. The first-order valence-electron chi connectivity index (χ1n) is 6.26. The summed E-state index contributed by atoms with van der Waals surface area (Å²) in [4.78, 5) is 5.80. The summed E-state index contributed by atoms with van der Waals surface area (Å²) in [5.74, 6) is 0.764. The third-order valence-corrected chi connectivity index (χ3v) is 4.23. The fourth-order valence-electron chi connectivity index (χ4n) is 2.87. The zero-order valence-corrected chi connectivity index (χ0v) is 11.4. The van der Waals surface area contributed by atoms with E-state index >= 15 is 0 Å². The van der Waals surface area contributed by atoms with E-state index in [1.54, 1.807) is 0 Å². The summed E-state index contributed by atoms with van der Waals surface area (Å²) < 4.78 is 0. The maximum absolute atomic E-state index is 4.36. The van der Waals surface area contributed by atoms with E-state index in [2.05, 4.69) is 37.3 Å². The third-order valence-electron chi connectivity index (χ3n) is 3.31. The number of rotatable bonds is 4. The number of thiazole rings is 1. The topological polar surface area (TPSA) is 24.9 Å². The van der Waals surface area contributed by atoms with Gasteiger partial charge in [-0.25, -0.2) is 4.98 Å². The molecule has 2 heterocycles. The number of aryl methyl sites for hydroxylation is 1. The minimum Gasteiger partial charge on any atom is -0.311 e. The third kappa shape index (κ3) is 2.83. The molecule has 1 aliphatic rings.